The Morgan fingerprint density at radius 1 is 1.24 bits per heavy atom. The van der Waals surface area contributed by atoms with Gasteiger partial charge in [-0.05, 0) is 26.7 Å². The van der Waals surface area contributed by atoms with Gasteiger partial charge in [0.05, 0.1) is 36.5 Å². The van der Waals surface area contributed by atoms with Crippen LogP contribution in [-0.2, 0) is 33.2 Å². The van der Waals surface area contributed by atoms with Gasteiger partial charge in [0, 0.05) is 24.6 Å². The number of benzene rings is 1. The van der Waals surface area contributed by atoms with Crippen LogP contribution >= 0.6 is 0 Å². The molecule has 2 N–H and O–H groups in total. The summed E-state index contributed by atoms with van der Waals surface area (Å²) in [5.41, 5.74) is 0.101. The van der Waals surface area contributed by atoms with Crippen LogP contribution in [0.5, 0.6) is 0 Å². The number of amides is 1. The van der Waals surface area contributed by atoms with Crippen LogP contribution < -0.4 is 10.6 Å². The number of halogens is 3. The Balaban J connectivity index is 1.62. The van der Waals surface area contributed by atoms with E-state index in [1.807, 2.05) is 6.92 Å². The molecule has 0 bridgehead atoms. The van der Waals surface area contributed by atoms with Crippen molar-refractivity contribution in [3.63, 3.8) is 0 Å². The van der Waals surface area contributed by atoms with Gasteiger partial charge in [0.1, 0.15) is 17.5 Å². The number of hydrogen-bond donors (Lipinski definition) is 2. The van der Waals surface area contributed by atoms with Gasteiger partial charge in [-0.2, -0.15) is 0 Å². The van der Waals surface area contributed by atoms with Crippen molar-refractivity contribution >= 4 is 11.7 Å². The second-order valence-electron chi connectivity index (χ2n) is 8.86. The van der Waals surface area contributed by atoms with E-state index in [2.05, 4.69) is 20.6 Å². The first-order valence-electron chi connectivity index (χ1n) is 10.9. The van der Waals surface area contributed by atoms with Gasteiger partial charge in [-0.25, -0.2) is 23.1 Å². The molecule has 1 aromatic heterocycles. The molecular formula is C23H27F3N4O3. The number of anilines is 1. The summed E-state index contributed by atoms with van der Waals surface area (Å²) in [5.74, 6) is -3.75. The number of nitrogens with zero attached hydrogens (tertiary/aromatic N) is 2. The van der Waals surface area contributed by atoms with Crippen LogP contribution in [0.2, 0.25) is 0 Å². The van der Waals surface area contributed by atoms with Crippen molar-refractivity contribution in [1.29, 1.82) is 0 Å². The molecule has 2 heterocycles. The lowest BCUT2D eigenvalue weighted by atomic mass is 10.0. The minimum absolute atomic E-state index is 0.00190. The molecule has 1 aromatic carbocycles. The molecule has 2 aromatic rings. The molecule has 33 heavy (non-hydrogen) atoms. The summed E-state index contributed by atoms with van der Waals surface area (Å²) < 4.78 is 53.5. The third-order valence-electron chi connectivity index (χ3n) is 5.76. The molecule has 4 rings (SSSR count). The van der Waals surface area contributed by atoms with Crippen LogP contribution in [0.15, 0.2) is 18.2 Å². The maximum absolute atomic E-state index is 14.7. The Kier molecular flexibility index (Phi) is 6.32. The van der Waals surface area contributed by atoms with Crippen molar-refractivity contribution < 1.29 is 27.4 Å². The standard InChI is InChI=1S/C23H27F3N4O3/c1-13-28-16(11-17(31)30-22(2)7-8-22)18(21-32-9-10-33-21)20(29-13)27-12-14-5-4-6-15(19(14)24)23(3,25)26/h4-6,21H,7-12H2,1-3H3,(H,30,31)(H,27,28,29). The molecular weight excluding hydrogens is 437 g/mol. The minimum atomic E-state index is -3.30. The van der Waals surface area contributed by atoms with Gasteiger partial charge in [0.2, 0.25) is 5.91 Å². The first-order valence-corrected chi connectivity index (χ1v) is 10.9. The van der Waals surface area contributed by atoms with Gasteiger partial charge in [0.25, 0.3) is 5.92 Å². The van der Waals surface area contributed by atoms with Crippen molar-refractivity contribution in [2.75, 3.05) is 18.5 Å². The Bertz CT molecular complexity index is 1050. The summed E-state index contributed by atoms with van der Waals surface area (Å²) in [6, 6.07) is 3.88. The molecule has 2 aliphatic rings. The third kappa shape index (κ3) is 5.44. The predicted octanol–water partition coefficient (Wildman–Crippen LogP) is 3.90. The van der Waals surface area contributed by atoms with Crippen LogP contribution in [0.25, 0.3) is 0 Å². The summed E-state index contributed by atoms with van der Waals surface area (Å²) >= 11 is 0. The second kappa shape index (κ2) is 8.90. The van der Waals surface area contributed by atoms with Gasteiger partial charge in [-0.15, -0.1) is 0 Å². The Morgan fingerprint density at radius 2 is 1.94 bits per heavy atom. The minimum Gasteiger partial charge on any atom is -0.365 e. The quantitative estimate of drug-likeness (QED) is 0.616. The van der Waals surface area contributed by atoms with Gasteiger partial charge in [0.15, 0.2) is 6.29 Å². The zero-order valence-electron chi connectivity index (χ0n) is 18.8. The fourth-order valence-corrected chi connectivity index (χ4v) is 3.76. The van der Waals surface area contributed by atoms with Crippen molar-refractivity contribution in [3.05, 3.63) is 52.2 Å². The van der Waals surface area contributed by atoms with Gasteiger partial charge in [-0.3, -0.25) is 4.79 Å². The van der Waals surface area contributed by atoms with E-state index in [9.17, 15) is 18.0 Å². The van der Waals surface area contributed by atoms with Crippen LogP contribution in [0.3, 0.4) is 0 Å². The number of aromatic nitrogens is 2. The smallest absolute Gasteiger partial charge is 0.273 e. The summed E-state index contributed by atoms with van der Waals surface area (Å²) in [6.07, 6.45) is 1.07. The number of nitrogens with one attached hydrogen (secondary N) is 2. The predicted molar refractivity (Wildman–Crippen MR) is 114 cm³/mol. The molecule has 7 nitrogen and oxygen atoms in total. The zero-order valence-corrected chi connectivity index (χ0v) is 18.8. The Labute approximate surface area is 190 Å². The van der Waals surface area contributed by atoms with Crippen LogP contribution in [0.1, 0.15) is 61.2 Å². The van der Waals surface area contributed by atoms with E-state index >= 15 is 0 Å². The summed E-state index contributed by atoms with van der Waals surface area (Å²) in [7, 11) is 0. The topological polar surface area (TPSA) is 85.4 Å². The van der Waals surface area contributed by atoms with E-state index in [1.54, 1.807) is 6.92 Å². The molecule has 1 saturated carbocycles. The average Bonchev–Trinajstić information content (AvgIpc) is 3.21. The second-order valence-corrected chi connectivity index (χ2v) is 8.86. The molecule has 2 fully saturated rings. The summed E-state index contributed by atoms with van der Waals surface area (Å²) in [6.45, 7) is 4.94. The van der Waals surface area contributed by atoms with Crippen LogP contribution in [0, 0.1) is 12.7 Å². The number of hydrogen-bond acceptors (Lipinski definition) is 6. The Morgan fingerprint density at radius 3 is 2.58 bits per heavy atom. The number of aryl methyl sites for hydroxylation is 1. The fourth-order valence-electron chi connectivity index (χ4n) is 3.76. The van der Waals surface area contributed by atoms with E-state index in [0.717, 1.165) is 18.9 Å². The first-order chi connectivity index (χ1) is 15.6. The molecule has 178 valence electrons. The number of carbonyl (C=O) groups is 1. The van der Waals surface area contributed by atoms with E-state index in [-0.39, 0.29) is 30.0 Å². The molecule has 0 spiro atoms. The van der Waals surface area contributed by atoms with Crippen molar-refractivity contribution in [2.45, 2.75) is 64.3 Å². The molecule has 0 atom stereocenters. The third-order valence-corrected chi connectivity index (χ3v) is 5.76. The lowest BCUT2D eigenvalue weighted by molar-refractivity contribution is -0.121. The highest BCUT2D eigenvalue weighted by Crippen LogP contribution is 2.35. The molecule has 1 saturated heterocycles. The highest BCUT2D eigenvalue weighted by molar-refractivity contribution is 5.80. The number of ether oxygens (including phenoxy) is 2. The molecule has 10 heteroatoms. The monoisotopic (exact) mass is 464 g/mol. The average molecular weight is 464 g/mol. The highest BCUT2D eigenvalue weighted by Gasteiger charge is 2.39. The van der Waals surface area contributed by atoms with E-state index in [1.165, 1.54) is 12.1 Å². The molecule has 1 aliphatic carbocycles. The first kappa shape index (κ1) is 23.4. The van der Waals surface area contributed by atoms with E-state index < -0.39 is 23.6 Å². The largest absolute Gasteiger partial charge is 0.365 e. The maximum atomic E-state index is 14.7. The van der Waals surface area contributed by atoms with Crippen LogP contribution in [-0.4, -0.2) is 34.6 Å². The maximum Gasteiger partial charge on any atom is 0.273 e. The van der Waals surface area contributed by atoms with Crippen molar-refractivity contribution in [3.8, 4) is 0 Å². The molecule has 1 aliphatic heterocycles. The van der Waals surface area contributed by atoms with E-state index in [4.69, 9.17) is 9.47 Å². The fraction of sp³-hybridized carbons (Fsp3) is 0.522. The van der Waals surface area contributed by atoms with Crippen LogP contribution in [0.4, 0.5) is 19.0 Å². The number of rotatable bonds is 8. The lowest BCUT2D eigenvalue weighted by Crippen LogP contribution is -2.36. The van der Waals surface area contributed by atoms with Gasteiger partial charge >= 0.3 is 0 Å². The van der Waals surface area contributed by atoms with Crippen molar-refractivity contribution in [2.24, 2.45) is 0 Å². The summed E-state index contributed by atoms with van der Waals surface area (Å²) in [4.78, 5) is 21.5. The number of alkyl halides is 2. The molecule has 0 unspecified atom stereocenters. The Hall–Kier alpha value is -2.72. The van der Waals surface area contributed by atoms with Crippen molar-refractivity contribution in [1.82, 2.24) is 15.3 Å². The SMILES string of the molecule is Cc1nc(CC(=O)NC2(C)CC2)c(C2OCCO2)c(NCc2cccc(C(C)(F)F)c2F)n1. The zero-order chi connectivity index (χ0) is 23.8. The van der Waals surface area contributed by atoms with E-state index in [0.29, 0.717) is 43.0 Å². The normalized spacial score (nSPS) is 17.8. The molecule has 0 radical (unpaired) electrons. The molecule has 1 amide bonds. The highest BCUT2D eigenvalue weighted by atomic mass is 19.3. The summed E-state index contributed by atoms with van der Waals surface area (Å²) in [5, 5.41) is 6.01. The number of carbonyl (C=O) groups excluding carboxylic acids is 1. The lowest BCUT2D eigenvalue weighted by Gasteiger charge is -2.20. The van der Waals surface area contributed by atoms with Gasteiger partial charge in [-0.1, -0.05) is 18.2 Å². The van der Waals surface area contributed by atoms with Gasteiger partial charge < -0.3 is 20.1 Å².